The Morgan fingerprint density at radius 2 is 1.62 bits per heavy atom. The predicted octanol–water partition coefficient (Wildman–Crippen LogP) is 2.97. The highest BCUT2D eigenvalue weighted by atomic mass is 19.1. The van der Waals surface area contributed by atoms with Crippen LogP contribution in [0.25, 0.3) is 0 Å². The summed E-state index contributed by atoms with van der Waals surface area (Å²) in [7, 11) is 0. The van der Waals surface area contributed by atoms with E-state index in [0.717, 1.165) is 0 Å². The first-order valence-corrected chi connectivity index (χ1v) is 7.78. The Hall–Kier alpha value is -3.72. The lowest BCUT2D eigenvalue weighted by Gasteiger charge is -2.30. The van der Waals surface area contributed by atoms with Crippen molar-refractivity contribution in [3.63, 3.8) is 0 Å². The minimum Gasteiger partial charge on any atom is -0.436 e. The van der Waals surface area contributed by atoms with Gasteiger partial charge in [0.15, 0.2) is 11.5 Å². The molecule has 0 saturated carbocycles. The number of nitrogens with two attached hydrogens (primary N) is 1. The molecule has 26 heavy (non-hydrogen) atoms. The standard InChI is InChI=1S/C20H11FN2O3/c21-11-7-5-10(6-8-11)15-14(9-22)20(23)26-19-16(15)17(24)12-3-1-2-4-13(12)18(19)25/h1-8,15H,23H2/t15-/m1/s1. The number of nitrogens with zero attached hydrogens (tertiary/aromatic N) is 1. The average Bonchev–Trinajstić information content (AvgIpc) is 2.66. The first kappa shape index (κ1) is 15.8. The van der Waals surface area contributed by atoms with Gasteiger partial charge in [0.25, 0.3) is 0 Å². The number of benzene rings is 2. The van der Waals surface area contributed by atoms with Crippen LogP contribution in [-0.4, -0.2) is 11.6 Å². The van der Waals surface area contributed by atoms with Gasteiger partial charge in [-0.3, -0.25) is 9.59 Å². The molecule has 0 bridgehead atoms. The van der Waals surface area contributed by atoms with Crippen molar-refractivity contribution in [3.05, 3.63) is 93.8 Å². The van der Waals surface area contributed by atoms with Gasteiger partial charge in [0.2, 0.25) is 11.7 Å². The second-order valence-electron chi connectivity index (χ2n) is 5.92. The van der Waals surface area contributed by atoms with Crippen molar-refractivity contribution in [3.8, 4) is 6.07 Å². The molecule has 2 aromatic rings. The lowest BCUT2D eigenvalue weighted by atomic mass is 9.75. The molecular formula is C20H11FN2O3. The molecule has 0 amide bonds. The Morgan fingerprint density at radius 3 is 2.23 bits per heavy atom. The molecule has 0 aromatic heterocycles. The third-order valence-electron chi connectivity index (χ3n) is 4.49. The number of halogens is 1. The highest BCUT2D eigenvalue weighted by molar-refractivity contribution is 6.27. The largest absolute Gasteiger partial charge is 0.436 e. The molecule has 5 nitrogen and oxygen atoms in total. The highest BCUT2D eigenvalue weighted by Gasteiger charge is 2.43. The Morgan fingerprint density at radius 1 is 1.00 bits per heavy atom. The van der Waals surface area contributed by atoms with E-state index >= 15 is 0 Å². The maximum Gasteiger partial charge on any atom is 0.229 e. The predicted molar refractivity (Wildman–Crippen MR) is 89.2 cm³/mol. The van der Waals surface area contributed by atoms with Crippen molar-refractivity contribution in [2.75, 3.05) is 0 Å². The zero-order valence-electron chi connectivity index (χ0n) is 13.3. The molecule has 2 aliphatic rings. The van der Waals surface area contributed by atoms with E-state index in [-0.39, 0.29) is 33.9 Å². The van der Waals surface area contributed by atoms with Gasteiger partial charge in [-0.25, -0.2) is 4.39 Å². The molecule has 1 heterocycles. The third kappa shape index (κ3) is 2.15. The topological polar surface area (TPSA) is 93.2 Å². The second-order valence-corrected chi connectivity index (χ2v) is 5.92. The van der Waals surface area contributed by atoms with E-state index in [4.69, 9.17) is 10.5 Å². The van der Waals surface area contributed by atoms with Crippen LogP contribution in [0.5, 0.6) is 0 Å². The van der Waals surface area contributed by atoms with Gasteiger partial charge in [-0.15, -0.1) is 0 Å². The van der Waals surface area contributed by atoms with Crippen molar-refractivity contribution >= 4 is 11.6 Å². The van der Waals surface area contributed by atoms with Crippen LogP contribution in [0.2, 0.25) is 0 Å². The summed E-state index contributed by atoms with van der Waals surface area (Å²) in [5.74, 6) is -2.65. The number of hydrogen-bond acceptors (Lipinski definition) is 5. The van der Waals surface area contributed by atoms with Crippen LogP contribution >= 0.6 is 0 Å². The molecule has 1 aliphatic carbocycles. The fraction of sp³-hybridized carbons (Fsp3) is 0.0500. The van der Waals surface area contributed by atoms with Gasteiger partial charge in [0, 0.05) is 11.1 Å². The third-order valence-corrected chi connectivity index (χ3v) is 4.49. The number of carbonyl (C=O) groups is 2. The number of fused-ring (bicyclic) bond motifs is 1. The van der Waals surface area contributed by atoms with E-state index in [2.05, 4.69) is 0 Å². The van der Waals surface area contributed by atoms with Crippen LogP contribution < -0.4 is 5.73 Å². The average molecular weight is 346 g/mol. The molecule has 0 spiro atoms. The molecule has 0 radical (unpaired) electrons. The molecule has 4 rings (SSSR count). The number of nitriles is 1. The Balaban J connectivity index is 1.97. The molecule has 0 fully saturated rings. The number of Topliss-reactive ketones (excluding diaryl/α,β-unsaturated/α-hetero) is 2. The van der Waals surface area contributed by atoms with E-state index in [1.807, 2.05) is 6.07 Å². The summed E-state index contributed by atoms with van der Waals surface area (Å²) in [5.41, 5.74) is 6.84. The van der Waals surface area contributed by atoms with Gasteiger partial charge in [0.1, 0.15) is 17.5 Å². The van der Waals surface area contributed by atoms with Crippen LogP contribution in [0.3, 0.4) is 0 Å². The van der Waals surface area contributed by atoms with Gasteiger partial charge in [0.05, 0.1) is 11.5 Å². The van der Waals surface area contributed by atoms with Crippen LogP contribution in [0.15, 0.2) is 71.3 Å². The van der Waals surface area contributed by atoms with E-state index in [0.29, 0.717) is 5.56 Å². The number of rotatable bonds is 1. The molecule has 0 saturated heterocycles. The number of carbonyl (C=O) groups excluding carboxylic acids is 2. The normalized spacial score (nSPS) is 18.8. The summed E-state index contributed by atoms with van der Waals surface area (Å²) in [6.07, 6.45) is 0. The molecule has 1 atom stereocenters. The lowest BCUT2D eigenvalue weighted by Crippen LogP contribution is -2.32. The number of hydrogen-bond donors (Lipinski definition) is 1. The van der Waals surface area contributed by atoms with Crippen molar-refractivity contribution in [2.45, 2.75) is 5.92 Å². The molecule has 0 unspecified atom stereocenters. The molecule has 126 valence electrons. The SMILES string of the molecule is N#CC1=C(N)OC2=C(C(=O)c3ccccc3C2=O)[C@@H]1c1ccc(F)cc1. The number of ketones is 2. The van der Waals surface area contributed by atoms with Crippen molar-refractivity contribution in [1.82, 2.24) is 0 Å². The maximum absolute atomic E-state index is 13.3. The van der Waals surface area contributed by atoms with Crippen LogP contribution in [0.1, 0.15) is 32.2 Å². The summed E-state index contributed by atoms with van der Waals surface area (Å²) in [6, 6.07) is 13.7. The van der Waals surface area contributed by atoms with Gasteiger partial charge in [-0.2, -0.15) is 5.26 Å². The van der Waals surface area contributed by atoms with Crippen molar-refractivity contribution in [1.29, 1.82) is 5.26 Å². The summed E-state index contributed by atoms with van der Waals surface area (Å²) in [6.45, 7) is 0. The zero-order chi connectivity index (χ0) is 18.4. The quantitative estimate of drug-likeness (QED) is 0.857. The summed E-state index contributed by atoms with van der Waals surface area (Å²) < 4.78 is 18.7. The first-order chi connectivity index (χ1) is 12.5. The zero-order valence-corrected chi connectivity index (χ0v) is 13.3. The second kappa shape index (κ2) is 5.67. The van der Waals surface area contributed by atoms with Crippen molar-refractivity contribution < 1.29 is 18.7 Å². The van der Waals surface area contributed by atoms with E-state index in [1.165, 1.54) is 30.3 Å². The molecular weight excluding hydrogens is 335 g/mol. The highest BCUT2D eigenvalue weighted by Crippen LogP contribution is 2.43. The smallest absolute Gasteiger partial charge is 0.229 e. The first-order valence-electron chi connectivity index (χ1n) is 7.78. The molecule has 2 N–H and O–H groups in total. The fourth-order valence-corrected chi connectivity index (χ4v) is 3.30. The molecule has 2 aromatic carbocycles. The van der Waals surface area contributed by atoms with Crippen LogP contribution in [-0.2, 0) is 4.74 Å². The lowest BCUT2D eigenvalue weighted by molar-refractivity contribution is 0.0897. The van der Waals surface area contributed by atoms with E-state index in [9.17, 15) is 19.2 Å². The Labute approximate surface area is 147 Å². The Kier molecular flexibility index (Phi) is 3.44. The van der Waals surface area contributed by atoms with E-state index < -0.39 is 23.3 Å². The molecule has 1 aliphatic heterocycles. The van der Waals surface area contributed by atoms with Gasteiger partial charge < -0.3 is 10.5 Å². The van der Waals surface area contributed by atoms with Crippen LogP contribution in [0, 0.1) is 17.1 Å². The summed E-state index contributed by atoms with van der Waals surface area (Å²) in [5, 5.41) is 9.52. The van der Waals surface area contributed by atoms with Gasteiger partial charge >= 0.3 is 0 Å². The number of allylic oxidation sites excluding steroid dienone is 3. The van der Waals surface area contributed by atoms with Crippen LogP contribution in [0.4, 0.5) is 4.39 Å². The van der Waals surface area contributed by atoms with Crippen molar-refractivity contribution in [2.24, 2.45) is 5.73 Å². The monoisotopic (exact) mass is 346 g/mol. The van der Waals surface area contributed by atoms with E-state index in [1.54, 1.807) is 18.2 Å². The minimum atomic E-state index is -0.894. The van der Waals surface area contributed by atoms with Gasteiger partial charge in [-0.1, -0.05) is 36.4 Å². The fourth-order valence-electron chi connectivity index (χ4n) is 3.30. The summed E-state index contributed by atoms with van der Waals surface area (Å²) in [4.78, 5) is 25.9. The summed E-state index contributed by atoms with van der Waals surface area (Å²) >= 11 is 0. The van der Waals surface area contributed by atoms with Gasteiger partial charge in [-0.05, 0) is 17.7 Å². The maximum atomic E-state index is 13.3. The number of ether oxygens (including phenoxy) is 1. The minimum absolute atomic E-state index is 0.0101. The Bertz CT molecular complexity index is 1070. The molecule has 6 heteroatoms.